The summed E-state index contributed by atoms with van der Waals surface area (Å²) in [5.41, 5.74) is 0.598. The zero-order chi connectivity index (χ0) is 15.7. The summed E-state index contributed by atoms with van der Waals surface area (Å²) >= 11 is 5.94. The molecule has 0 bridgehead atoms. The molecule has 1 saturated carbocycles. The number of carbonyl (C=O) groups excluding carboxylic acids is 2. The van der Waals surface area contributed by atoms with Crippen molar-refractivity contribution in [1.29, 1.82) is 0 Å². The predicted molar refractivity (Wildman–Crippen MR) is 84.9 cm³/mol. The Morgan fingerprint density at radius 3 is 2.23 bits per heavy atom. The molecule has 0 radical (unpaired) electrons. The second-order valence-corrected chi connectivity index (χ2v) is 6.69. The first-order chi connectivity index (χ1) is 10.6. The maximum absolute atomic E-state index is 12.5. The summed E-state index contributed by atoms with van der Waals surface area (Å²) in [5, 5.41) is 0.570. The summed E-state index contributed by atoms with van der Waals surface area (Å²) in [6.07, 6.45) is 6.13. The highest BCUT2D eigenvalue weighted by Gasteiger charge is 2.31. The van der Waals surface area contributed by atoms with E-state index in [1.165, 1.54) is 12.8 Å². The number of hydrogen-bond donors (Lipinski definition) is 0. The molecule has 0 aromatic carbocycles. The highest BCUT2D eigenvalue weighted by Crippen LogP contribution is 2.27. The molecule has 2 amide bonds. The molecule has 1 aliphatic heterocycles. The van der Waals surface area contributed by atoms with Crippen molar-refractivity contribution in [2.75, 3.05) is 26.2 Å². The van der Waals surface area contributed by atoms with Crippen LogP contribution < -0.4 is 0 Å². The van der Waals surface area contributed by atoms with Gasteiger partial charge in [0.15, 0.2) is 0 Å². The summed E-state index contributed by atoms with van der Waals surface area (Å²) in [5.74, 6) is 0.489. The van der Waals surface area contributed by atoms with Gasteiger partial charge in [0.2, 0.25) is 5.91 Å². The van der Waals surface area contributed by atoms with Crippen LogP contribution in [0.15, 0.2) is 12.3 Å². The van der Waals surface area contributed by atoms with Crippen molar-refractivity contribution in [3.63, 3.8) is 0 Å². The van der Waals surface area contributed by atoms with Crippen LogP contribution in [0.4, 0.5) is 0 Å². The van der Waals surface area contributed by atoms with Gasteiger partial charge in [0.1, 0.15) is 5.69 Å². The Hall–Kier alpha value is -1.49. The molecule has 0 atom stereocenters. The highest BCUT2D eigenvalue weighted by atomic mass is 35.5. The molecule has 2 aliphatic rings. The smallest absolute Gasteiger partial charge is 0.270 e. The average Bonchev–Trinajstić information content (AvgIpc) is 3.15. The van der Waals surface area contributed by atoms with E-state index in [0.29, 0.717) is 36.9 Å². The molecule has 2 heterocycles. The SMILES string of the molecule is Cn1cc(Cl)cc1C(=O)N1CCN(C(=O)C2CCCC2)CC1. The summed E-state index contributed by atoms with van der Waals surface area (Å²) in [4.78, 5) is 28.7. The zero-order valence-corrected chi connectivity index (χ0v) is 13.7. The van der Waals surface area contributed by atoms with Crippen molar-refractivity contribution in [3.8, 4) is 0 Å². The number of amides is 2. The van der Waals surface area contributed by atoms with Crippen LogP contribution in [-0.2, 0) is 11.8 Å². The van der Waals surface area contributed by atoms with E-state index in [1.807, 2.05) is 16.8 Å². The number of aryl methyl sites for hydroxylation is 1. The summed E-state index contributed by atoms with van der Waals surface area (Å²) in [7, 11) is 1.82. The Bertz CT molecular complexity index is 570. The van der Waals surface area contributed by atoms with Crippen molar-refractivity contribution in [2.45, 2.75) is 25.7 Å². The van der Waals surface area contributed by atoms with Crippen LogP contribution in [0.3, 0.4) is 0 Å². The van der Waals surface area contributed by atoms with E-state index < -0.39 is 0 Å². The van der Waals surface area contributed by atoms with Gasteiger partial charge in [-0.2, -0.15) is 0 Å². The lowest BCUT2D eigenvalue weighted by atomic mass is 10.1. The standard InChI is InChI=1S/C16H22ClN3O2/c1-18-11-13(17)10-14(18)16(22)20-8-6-19(7-9-20)15(21)12-4-2-3-5-12/h10-12H,2-9H2,1H3. The number of aromatic nitrogens is 1. The van der Waals surface area contributed by atoms with E-state index >= 15 is 0 Å². The number of halogens is 1. The van der Waals surface area contributed by atoms with Gasteiger partial charge in [-0.3, -0.25) is 9.59 Å². The second kappa shape index (κ2) is 6.32. The number of nitrogens with zero attached hydrogens (tertiary/aromatic N) is 3. The fourth-order valence-corrected chi connectivity index (χ4v) is 3.71. The van der Waals surface area contributed by atoms with Crippen LogP contribution in [0.25, 0.3) is 0 Å². The van der Waals surface area contributed by atoms with Crippen LogP contribution in [0.5, 0.6) is 0 Å². The van der Waals surface area contributed by atoms with Gasteiger partial charge in [-0.25, -0.2) is 0 Å². The van der Waals surface area contributed by atoms with Gasteiger partial charge in [-0.05, 0) is 18.9 Å². The van der Waals surface area contributed by atoms with E-state index in [1.54, 1.807) is 16.8 Å². The summed E-state index contributed by atoms with van der Waals surface area (Å²) in [6, 6.07) is 1.69. The molecular weight excluding hydrogens is 302 g/mol. The van der Waals surface area contributed by atoms with Crippen LogP contribution in [0.2, 0.25) is 5.02 Å². The van der Waals surface area contributed by atoms with Gasteiger partial charge in [0.25, 0.3) is 5.91 Å². The van der Waals surface area contributed by atoms with Crippen LogP contribution >= 0.6 is 11.6 Å². The van der Waals surface area contributed by atoms with Crippen LogP contribution in [0.1, 0.15) is 36.2 Å². The monoisotopic (exact) mass is 323 g/mol. The van der Waals surface area contributed by atoms with Crippen molar-refractivity contribution in [2.24, 2.45) is 13.0 Å². The van der Waals surface area contributed by atoms with E-state index in [4.69, 9.17) is 11.6 Å². The Labute approximate surface area is 135 Å². The third-order valence-corrected chi connectivity index (χ3v) is 4.98. The largest absolute Gasteiger partial charge is 0.345 e. The maximum atomic E-state index is 12.5. The Kier molecular flexibility index (Phi) is 4.43. The van der Waals surface area contributed by atoms with Crippen molar-refractivity contribution in [3.05, 3.63) is 23.0 Å². The first-order valence-corrected chi connectivity index (χ1v) is 8.34. The molecule has 5 nitrogen and oxygen atoms in total. The third kappa shape index (κ3) is 3.00. The summed E-state index contributed by atoms with van der Waals surface area (Å²) in [6.45, 7) is 2.47. The lowest BCUT2D eigenvalue weighted by molar-refractivity contribution is -0.136. The molecule has 6 heteroatoms. The number of hydrogen-bond acceptors (Lipinski definition) is 2. The number of piperazine rings is 1. The lowest BCUT2D eigenvalue weighted by Crippen LogP contribution is -2.52. The van der Waals surface area contributed by atoms with Crippen molar-refractivity contribution < 1.29 is 9.59 Å². The molecule has 1 aromatic heterocycles. The van der Waals surface area contributed by atoms with Crippen molar-refractivity contribution in [1.82, 2.24) is 14.4 Å². The minimum atomic E-state index is -0.0117. The molecule has 0 spiro atoms. The van der Waals surface area contributed by atoms with Gasteiger partial charge in [0, 0.05) is 45.3 Å². The second-order valence-electron chi connectivity index (χ2n) is 6.25. The zero-order valence-electron chi connectivity index (χ0n) is 12.9. The molecule has 0 N–H and O–H groups in total. The molecule has 1 saturated heterocycles. The number of carbonyl (C=O) groups is 2. The summed E-state index contributed by atoms with van der Waals surface area (Å²) < 4.78 is 1.75. The third-order valence-electron chi connectivity index (χ3n) is 4.77. The van der Waals surface area contributed by atoms with E-state index in [-0.39, 0.29) is 17.7 Å². The quantitative estimate of drug-likeness (QED) is 0.837. The Morgan fingerprint density at radius 2 is 1.68 bits per heavy atom. The van der Waals surface area contributed by atoms with Crippen LogP contribution in [-0.4, -0.2) is 52.4 Å². The van der Waals surface area contributed by atoms with Gasteiger partial charge in [-0.1, -0.05) is 24.4 Å². The number of rotatable bonds is 2. The molecule has 3 rings (SSSR count). The fourth-order valence-electron chi connectivity index (χ4n) is 3.46. The predicted octanol–water partition coefficient (Wildman–Crippen LogP) is 2.15. The maximum Gasteiger partial charge on any atom is 0.270 e. The normalized spacial score (nSPS) is 19.7. The minimum absolute atomic E-state index is 0.0117. The van der Waals surface area contributed by atoms with Gasteiger partial charge in [0.05, 0.1) is 5.02 Å². The molecule has 1 aliphatic carbocycles. The molecule has 22 heavy (non-hydrogen) atoms. The highest BCUT2D eigenvalue weighted by molar-refractivity contribution is 6.31. The van der Waals surface area contributed by atoms with Crippen LogP contribution in [0, 0.1) is 5.92 Å². The van der Waals surface area contributed by atoms with Gasteiger partial charge < -0.3 is 14.4 Å². The molecular formula is C16H22ClN3O2. The fraction of sp³-hybridized carbons (Fsp3) is 0.625. The lowest BCUT2D eigenvalue weighted by Gasteiger charge is -2.36. The van der Waals surface area contributed by atoms with E-state index in [9.17, 15) is 9.59 Å². The first-order valence-electron chi connectivity index (χ1n) is 7.96. The molecule has 2 fully saturated rings. The molecule has 120 valence electrons. The van der Waals surface area contributed by atoms with Gasteiger partial charge in [-0.15, -0.1) is 0 Å². The Morgan fingerprint density at radius 1 is 1.09 bits per heavy atom. The Balaban J connectivity index is 1.58. The average molecular weight is 324 g/mol. The topological polar surface area (TPSA) is 45.6 Å². The minimum Gasteiger partial charge on any atom is -0.345 e. The molecule has 1 aromatic rings. The van der Waals surface area contributed by atoms with E-state index in [0.717, 1.165) is 12.8 Å². The van der Waals surface area contributed by atoms with Crippen molar-refractivity contribution >= 4 is 23.4 Å². The van der Waals surface area contributed by atoms with Gasteiger partial charge >= 0.3 is 0 Å². The first kappa shape index (κ1) is 15.4. The molecule has 0 unspecified atom stereocenters. The van der Waals surface area contributed by atoms with E-state index in [2.05, 4.69) is 0 Å².